The monoisotopic (exact) mass is 177 g/mol. The Hall–Kier alpha value is 0.0400. The highest BCUT2D eigenvalue weighted by Crippen LogP contribution is 2.28. The summed E-state index contributed by atoms with van der Waals surface area (Å²) in [6, 6.07) is 0. The molecule has 0 saturated heterocycles. The Kier molecular flexibility index (Phi) is 4.36. The second-order valence-corrected chi connectivity index (χ2v) is 2.37. The van der Waals surface area contributed by atoms with Crippen LogP contribution in [0.3, 0.4) is 0 Å². The Morgan fingerprint density at radius 1 is 1.10 bits per heavy atom. The minimum atomic E-state index is -4.16. The van der Waals surface area contributed by atoms with Crippen molar-refractivity contribution in [2.45, 2.75) is 25.6 Å². The van der Waals surface area contributed by atoms with Crippen LogP contribution in [-0.4, -0.2) is 18.8 Å². The molecule has 0 amide bonds. The molecule has 0 fully saturated rings. The van der Waals surface area contributed by atoms with Gasteiger partial charge in [-0.25, -0.2) is 0 Å². The van der Waals surface area contributed by atoms with Crippen LogP contribution in [0.1, 0.15) is 13.8 Å². The second-order valence-electron chi connectivity index (χ2n) is 2.37. The first-order valence-corrected chi connectivity index (χ1v) is 2.57. The predicted octanol–water partition coefficient (Wildman–Crippen LogP) is 1.97. The smallest absolute Gasteiger partial charge is 0.307 e. The van der Waals surface area contributed by atoms with E-state index < -0.39 is 11.7 Å². The Morgan fingerprint density at radius 2 is 1.40 bits per heavy atom. The average molecular weight is 178 g/mol. The van der Waals surface area contributed by atoms with Gasteiger partial charge in [-0.15, -0.1) is 12.4 Å². The topological polar surface area (TPSA) is 12.0 Å². The summed E-state index contributed by atoms with van der Waals surface area (Å²) in [5.41, 5.74) is -1.77. The molecule has 0 spiro atoms. The molecule has 0 aliphatic carbocycles. The normalized spacial score (nSPS) is 12.6. The maximum atomic E-state index is 11.8. The van der Waals surface area contributed by atoms with Gasteiger partial charge in [-0.05, 0) is 20.9 Å². The minimum absolute atomic E-state index is 0. The Bertz CT molecular complexity index is 99.6. The third kappa shape index (κ3) is 2.75. The first kappa shape index (κ1) is 12.7. The molecule has 10 heavy (non-hydrogen) atoms. The summed E-state index contributed by atoms with van der Waals surface area (Å²) in [5.74, 6) is 0. The van der Waals surface area contributed by atoms with Crippen LogP contribution in [0.5, 0.6) is 0 Å². The third-order valence-electron chi connectivity index (χ3n) is 1.33. The van der Waals surface area contributed by atoms with Crippen LogP contribution < -0.4 is 5.32 Å². The highest BCUT2D eigenvalue weighted by atomic mass is 35.5. The lowest BCUT2D eigenvalue weighted by Crippen LogP contribution is -2.49. The predicted molar refractivity (Wildman–Crippen MR) is 36.4 cm³/mol. The van der Waals surface area contributed by atoms with Gasteiger partial charge in [0.05, 0.1) is 0 Å². The molecule has 0 rings (SSSR count). The second kappa shape index (κ2) is 3.44. The highest BCUT2D eigenvalue weighted by Gasteiger charge is 2.45. The van der Waals surface area contributed by atoms with Gasteiger partial charge < -0.3 is 5.32 Å². The molecule has 0 atom stereocenters. The fourth-order valence-corrected chi connectivity index (χ4v) is 0.142. The summed E-state index contributed by atoms with van der Waals surface area (Å²) >= 11 is 0. The zero-order chi connectivity index (χ0) is 7.71. The molecule has 0 aromatic heterocycles. The van der Waals surface area contributed by atoms with Gasteiger partial charge in [-0.2, -0.15) is 13.2 Å². The standard InChI is InChI=1S/C5H10F3N.ClH/c1-4(2,9-3)5(6,7)8;/h9H,1-3H3;1H. The van der Waals surface area contributed by atoms with Crippen LogP contribution in [0.4, 0.5) is 13.2 Å². The van der Waals surface area contributed by atoms with Crippen molar-refractivity contribution < 1.29 is 13.2 Å². The molecule has 0 unspecified atom stereocenters. The van der Waals surface area contributed by atoms with E-state index in [0.717, 1.165) is 13.8 Å². The van der Waals surface area contributed by atoms with Crippen LogP contribution in [-0.2, 0) is 0 Å². The number of rotatable bonds is 1. The molecule has 5 heteroatoms. The van der Waals surface area contributed by atoms with Gasteiger partial charge in [0.25, 0.3) is 0 Å². The minimum Gasteiger partial charge on any atom is -0.307 e. The van der Waals surface area contributed by atoms with Gasteiger partial charge in [0, 0.05) is 0 Å². The molecular formula is C5H11ClF3N. The van der Waals surface area contributed by atoms with E-state index in [-0.39, 0.29) is 12.4 Å². The number of halogens is 4. The van der Waals surface area contributed by atoms with Crippen LogP contribution in [0.2, 0.25) is 0 Å². The molecule has 64 valence electrons. The van der Waals surface area contributed by atoms with E-state index in [4.69, 9.17) is 0 Å². The van der Waals surface area contributed by atoms with Crippen molar-refractivity contribution in [1.29, 1.82) is 0 Å². The van der Waals surface area contributed by atoms with Crippen molar-refractivity contribution in [3.05, 3.63) is 0 Å². The molecule has 0 aliphatic rings. The SMILES string of the molecule is CNC(C)(C)C(F)(F)F.Cl. The van der Waals surface area contributed by atoms with Crippen molar-refractivity contribution >= 4 is 12.4 Å². The molecule has 0 aliphatic heterocycles. The lowest BCUT2D eigenvalue weighted by Gasteiger charge is -2.26. The first-order chi connectivity index (χ1) is 3.81. The number of nitrogens with one attached hydrogen (secondary N) is 1. The van der Waals surface area contributed by atoms with E-state index in [1.165, 1.54) is 7.05 Å². The summed E-state index contributed by atoms with van der Waals surface area (Å²) in [5, 5.41) is 2.16. The molecule has 0 saturated carbocycles. The highest BCUT2D eigenvalue weighted by molar-refractivity contribution is 5.85. The van der Waals surface area contributed by atoms with Crippen molar-refractivity contribution in [2.75, 3.05) is 7.05 Å². The van der Waals surface area contributed by atoms with Gasteiger partial charge in [0.1, 0.15) is 5.54 Å². The maximum absolute atomic E-state index is 11.8. The van der Waals surface area contributed by atoms with E-state index in [0.29, 0.717) is 0 Å². The van der Waals surface area contributed by atoms with Crippen LogP contribution >= 0.6 is 12.4 Å². The molecule has 0 bridgehead atoms. The quantitative estimate of drug-likeness (QED) is 0.646. The van der Waals surface area contributed by atoms with E-state index in [1.54, 1.807) is 0 Å². The lowest BCUT2D eigenvalue weighted by atomic mass is 10.1. The van der Waals surface area contributed by atoms with E-state index in [1.807, 2.05) is 0 Å². The Balaban J connectivity index is 0. The first-order valence-electron chi connectivity index (χ1n) is 2.57. The van der Waals surface area contributed by atoms with Crippen molar-refractivity contribution in [2.24, 2.45) is 0 Å². The van der Waals surface area contributed by atoms with Crippen LogP contribution in [0.15, 0.2) is 0 Å². The Labute approximate surface area is 64.4 Å². The van der Waals surface area contributed by atoms with Crippen LogP contribution in [0, 0.1) is 0 Å². The van der Waals surface area contributed by atoms with Crippen molar-refractivity contribution in [3.63, 3.8) is 0 Å². The van der Waals surface area contributed by atoms with E-state index >= 15 is 0 Å². The van der Waals surface area contributed by atoms with Crippen LogP contribution in [0.25, 0.3) is 0 Å². The largest absolute Gasteiger partial charge is 0.406 e. The number of hydrogen-bond donors (Lipinski definition) is 1. The van der Waals surface area contributed by atoms with Gasteiger partial charge in [-0.3, -0.25) is 0 Å². The van der Waals surface area contributed by atoms with Gasteiger partial charge in [0.15, 0.2) is 0 Å². The Morgan fingerprint density at radius 3 is 1.40 bits per heavy atom. The fourth-order valence-electron chi connectivity index (χ4n) is 0.142. The van der Waals surface area contributed by atoms with Gasteiger partial charge in [-0.1, -0.05) is 0 Å². The van der Waals surface area contributed by atoms with E-state index in [2.05, 4.69) is 5.32 Å². The molecule has 0 radical (unpaired) electrons. The lowest BCUT2D eigenvalue weighted by molar-refractivity contribution is -0.184. The van der Waals surface area contributed by atoms with E-state index in [9.17, 15) is 13.2 Å². The summed E-state index contributed by atoms with van der Waals surface area (Å²) in [7, 11) is 1.29. The average Bonchev–Trinajstić information content (AvgIpc) is 1.64. The zero-order valence-corrected chi connectivity index (χ0v) is 6.86. The summed E-state index contributed by atoms with van der Waals surface area (Å²) in [6.45, 7) is 2.18. The molecule has 0 aromatic carbocycles. The molecule has 1 N–H and O–H groups in total. The van der Waals surface area contributed by atoms with Crippen molar-refractivity contribution in [3.8, 4) is 0 Å². The summed E-state index contributed by atoms with van der Waals surface area (Å²) < 4.78 is 35.3. The van der Waals surface area contributed by atoms with Gasteiger partial charge >= 0.3 is 6.18 Å². The maximum Gasteiger partial charge on any atom is 0.406 e. The summed E-state index contributed by atoms with van der Waals surface area (Å²) in [4.78, 5) is 0. The molecule has 0 aromatic rings. The van der Waals surface area contributed by atoms with Gasteiger partial charge in [0.2, 0.25) is 0 Å². The van der Waals surface area contributed by atoms with Crippen molar-refractivity contribution in [1.82, 2.24) is 5.32 Å². The number of hydrogen-bond acceptors (Lipinski definition) is 1. The molecule has 1 nitrogen and oxygen atoms in total. The summed E-state index contributed by atoms with van der Waals surface area (Å²) in [6.07, 6.45) is -4.16. The molecular weight excluding hydrogens is 167 g/mol. The number of alkyl halides is 3. The third-order valence-corrected chi connectivity index (χ3v) is 1.33. The zero-order valence-electron chi connectivity index (χ0n) is 6.04. The fraction of sp³-hybridized carbons (Fsp3) is 1.00. The molecule has 0 heterocycles.